The number of para-hydroxylation sites is 1. The predicted octanol–water partition coefficient (Wildman–Crippen LogP) is 3.63. The van der Waals surface area contributed by atoms with E-state index in [4.69, 9.17) is 0 Å². The van der Waals surface area contributed by atoms with Crippen LogP contribution in [0.15, 0.2) is 42.6 Å². The molecular weight excluding hydrogens is 278 g/mol. The molecule has 1 aliphatic rings. The van der Waals surface area contributed by atoms with Gasteiger partial charge in [0.05, 0.1) is 5.69 Å². The number of anilines is 3. The smallest absolute Gasteiger partial charge is 0.411 e. The normalized spacial score (nSPS) is 15.5. The summed E-state index contributed by atoms with van der Waals surface area (Å²) in [5, 5.41) is 9.43. The minimum absolute atomic E-state index is 0.218. The van der Waals surface area contributed by atoms with Crippen LogP contribution in [0.5, 0.6) is 0 Å². The maximum atomic E-state index is 11.5. The first-order chi connectivity index (χ1) is 10.4. The quantitative estimate of drug-likeness (QED) is 0.919. The van der Waals surface area contributed by atoms with Gasteiger partial charge < -0.3 is 10.0 Å². The van der Waals surface area contributed by atoms with E-state index in [1.54, 1.807) is 6.20 Å². The highest BCUT2D eigenvalue weighted by atomic mass is 16.4. The number of nitrogens with zero attached hydrogens (tertiary/aromatic N) is 3. The molecule has 2 heterocycles. The summed E-state index contributed by atoms with van der Waals surface area (Å²) in [5.41, 5.74) is 2.49. The summed E-state index contributed by atoms with van der Waals surface area (Å²) < 4.78 is 0. The molecular formula is C17H19N3O2. The molecule has 5 nitrogen and oxygen atoms in total. The van der Waals surface area contributed by atoms with Crippen LogP contribution in [0.25, 0.3) is 0 Å². The van der Waals surface area contributed by atoms with Gasteiger partial charge >= 0.3 is 6.09 Å². The molecule has 1 amide bonds. The Morgan fingerprint density at radius 1 is 1.32 bits per heavy atom. The Morgan fingerprint density at radius 2 is 2.00 bits per heavy atom. The Bertz CT molecular complexity index is 713. The van der Waals surface area contributed by atoms with Gasteiger partial charge in [-0.3, -0.25) is 4.90 Å². The molecule has 0 fully saturated rings. The third kappa shape index (κ3) is 2.28. The summed E-state index contributed by atoms with van der Waals surface area (Å²) in [7, 11) is 1.93. The largest absolute Gasteiger partial charge is 0.465 e. The fraction of sp³-hybridized carbons (Fsp3) is 0.294. The second-order valence-electron chi connectivity index (χ2n) is 6.21. The van der Waals surface area contributed by atoms with Crippen molar-refractivity contribution in [3.63, 3.8) is 0 Å². The molecule has 0 saturated heterocycles. The summed E-state index contributed by atoms with van der Waals surface area (Å²) in [6, 6.07) is 11.7. The van der Waals surface area contributed by atoms with Crippen LogP contribution in [0, 0.1) is 0 Å². The number of benzene rings is 1. The maximum absolute atomic E-state index is 11.5. The fourth-order valence-electron chi connectivity index (χ4n) is 2.88. The number of rotatable bonds is 2. The lowest BCUT2D eigenvalue weighted by atomic mass is 9.88. The molecule has 5 heteroatoms. The molecule has 0 atom stereocenters. The lowest BCUT2D eigenvalue weighted by molar-refractivity contribution is 0.201. The Hall–Kier alpha value is -2.56. The summed E-state index contributed by atoms with van der Waals surface area (Å²) >= 11 is 0. The van der Waals surface area contributed by atoms with Gasteiger partial charge in [0.15, 0.2) is 0 Å². The van der Waals surface area contributed by atoms with Gasteiger partial charge in [0.2, 0.25) is 0 Å². The second kappa shape index (κ2) is 5.02. The maximum Gasteiger partial charge on any atom is 0.411 e. The van der Waals surface area contributed by atoms with Crippen LogP contribution in [0.2, 0.25) is 0 Å². The monoisotopic (exact) mass is 297 g/mol. The van der Waals surface area contributed by atoms with E-state index in [-0.39, 0.29) is 5.41 Å². The van der Waals surface area contributed by atoms with E-state index < -0.39 is 6.09 Å². The minimum Gasteiger partial charge on any atom is -0.465 e. The molecule has 2 aromatic rings. The molecule has 1 aromatic carbocycles. The first-order valence-corrected chi connectivity index (χ1v) is 7.20. The summed E-state index contributed by atoms with van der Waals surface area (Å²) in [4.78, 5) is 19.4. The van der Waals surface area contributed by atoms with Crippen LogP contribution in [0.4, 0.5) is 22.0 Å². The van der Waals surface area contributed by atoms with Gasteiger partial charge in [-0.15, -0.1) is 0 Å². The van der Waals surface area contributed by atoms with Crippen molar-refractivity contribution in [1.82, 2.24) is 4.98 Å². The molecule has 1 aliphatic heterocycles. The number of carbonyl (C=O) groups is 1. The Labute approximate surface area is 129 Å². The van der Waals surface area contributed by atoms with Crippen molar-refractivity contribution in [3.05, 3.63) is 48.2 Å². The van der Waals surface area contributed by atoms with Gasteiger partial charge in [0.1, 0.15) is 5.82 Å². The molecule has 1 aromatic heterocycles. The highest BCUT2D eigenvalue weighted by molar-refractivity contribution is 5.90. The summed E-state index contributed by atoms with van der Waals surface area (Å²) in [6.45, 7) is 4.53. The van der Waals surface area contributed by atoms with Crippen LogP contribution in [0.3, 0.4) is 0 Å². The Balaban J connectivity index is 2.04. The number of hydrogen-bond acceptors (Lipinski definition) is 3. The third-order valence-electron chi connectivity index (χ3n) is 4.16. The van der Waals surface area contributed by atoms with Crippen molar-refractivity contribution in [2.24, 2.45) is 0 Å². The predicted molar refractivity (Wildman–Crippen MR) is 87.1 cm³/mol. The zero-order valence-corrected chi connectivity index (χ0v) is 12.9. The molecule has 0 saturated carbocycles. The van der Waals surface area contributed by atoms with Gasteiger partial charge in [-0.1, -0.05) is 32.0 Å². The minimum atomic E-state index is -0.925. The van der Waals surface area contributed by atoms with Crippen LogP contribution < -0.4 is 9.80 Å². The Kier molecular flexibility index (Phi) is 3.28. The molecule has 0 unspecified atom stereocenters. The topological polar surface area (TPSA) is 56.7 Å². The van der Waals surface area contributed by atoms with Gasteiger partial charge in [-0.2, -0.15) is 0 Å². The molecule has 0 radical (unpaired) electrons. The van der Waals surface area contributed by atoms with Crippen molar-refractivity contribution >= 4 is 23.3 Å². The van der Waals surface area contributed by atoms with Crippen molar-refractivity contribution in [2.75, 3.05) is 23.4 Å². The van der Waals surface area contributed by atoms with Crippen LogP contribution >= 0.6 is 0 Å². The van der Waals surface area contributed by atoms with Crippen molar-refractivity contribution in [1.29, 1.82) is 0 Å². The average Bonchev–Trinajstić information content (AvgIpc) is 2.79. The number of fused-ring (bicyclic) bond motifs is 1. The van der Waals surface area contributed by atoms with E-state index >= 15 is 0 Å². The molecule has 0 bridgehead atoms. The molecule has 3 rings (SSSR count). The summed E-state index contributed by atoms with van der Waals surface area (Å²) in [5.74, 6) is 0.730. The molecule has 1 N–H and O–H groups in total. The lowest BCUT2D eigenvalue weighted by Gasteiger charge is -2.20. The van der Waals surface area contributed by atoms with E-state index in [0.29, 0.717) is 6.54 Å². The van der Waals surface area contributed by atoms with Crippen LogP contribution in [-0.4, -0.2) is 29.8 Å². The standard InChI is InChI=1S/C17H19N3O2/c1-17(2)11-20(16(21)22)14-9-15(18-10-13(14)17)19(3)12-7-5-4-6-8-12/h4-10H,11H2,1-3H3,(H,21,22). The highest BCUT2D eigenvalue weighted by Gasteiger charge is 2.38. The SMILES string of the molecule is CN(c1ccccc1)c1cc2c(cn1)C(C)(C)CN2C(=O)O. The molecule has 0 spiro atoms. The van der Waals surface area contributed by atoms with E-state index in [1.165, 1.54) is 4.90 Å². The molecule has 0 aliphatic carbocycles. The van der Waals surface area contributed by atoms with Crippen molar-refractivity contribution < 1.29 is 9.90 Å². The third-order valence-corrected chi connectivity index (χ3v) is 4.16. The number of carboxylic acid groups (broad SMARTS) is 1. The van der Waals surface area contributed by atoms with E-state index in [0.717, 1.165) is 22.8 Å². The lowest BCUT2D eigenvalue weighted by Crippen LogP contribution is -2.32. The number of hydrogen-bond donors (Lipinski definition) is 1. The average molecular weight is 297 g/mol. The second-order valence-corrected chi connectivity index (χ2v) is 6.21. The van der Waals surface area contributed by atoms with E-state index in [1.807, 2.05) is 62.2 Å². The van der Waals surface area contributed by atoms with Gasteiger partial charge in [0.25, 0.3) is 0 Å². The number of aromatic nitrogens is 1. The first-order valence-electron chi connectivity index (χ1n) is 7.20. The highest BCUT2D eigenvalue weighted by Crippen LogP contribution is 2.41. The molecule has 114 valence electrons. The van der Waals surface area contributed by atoms with Crippen LogP contribution in [0.1, 0.15) is 19.4 Å². The van der Waals surface area contributed by atoms with Crippen molar-refractivity contribution in [3.8, 4) is 0 Å². The molecule has 22 heavy (non-hydrogen) atoms. The van der Waals surface area contributed by atoms with Gasteiger partial charge in [0, 0.05) is 42.5 Å². The van der Waals surface area contributed by atoms with Crippen LogP contribution in [-0.2, 0) is 5.41 Å². The number of pyridine rings is 1. The van der Waals surface area contributed by atoms with Crippen molar-refractivity contribution in [2.45, 2.75) is 19.3 Å². The zero-order valence-electron chi connectivity index (χ0n) is 12.9. The summed E-state index contributed by atoms with van der Waals surface area (Å²) in [6.07, 6.45) is 0.874. The van der Waals surface area contributed by atoms with E-state index in [9.17, 15) is 9.90 Å². The zero-order chi connectivity index (χ0) is 15.9. The van der Waals surface area contributed by atoms with Gasteiger partial charge in [-0.05, 0) is 12.1 Å². The fourth-order valence-corrected chi connectivity index (χ4v) is 2.88. The van der Waals surface area contributed by atoms with Gasteiger partial charge in [-0.25, -0.2) is 9.78 Å². The first kappa shape index (κ1) is 14.4. The Morgan fingerprint density at radius 3 is 2.64 bits per heavy atom. The van der Waals surface area contributed by atoms with E-state index in [2.05, 4.69) is 4.98 Å². The number of amides is 1.